The average molecular weight is 305 g/mol. The van der Waals surface area contributed by atoms with Gasteiger partial charge in [0.05, 0.1) is 0 Å². The van der Waals surface area contributed by atoms with Crippen LogP contribution in [0.5, 0.6) is 0 Å². The lowest BCUT2D eigenvalue weighted by Crippen LogP contribution is -2.30. The Morgan fingerprint density at radius 2 is 2.11 bits per heavy atom. The second-order valence-corrected chi connectivity index (χ2v) is 6.00. The lowest BCUT2D eigenvalue weighted by molar-refractivity contribution is 0.298. The van der Waals surface area contributed by atoms with Crippen molar-refractivity contribution in [1.82, 2.24) is 4.90 Å². The largest absolute Gasteiger partial charge is 0.327 e. The SMILES string of the molecule is Cl.NC1CCC2CN(Cc3ccc(F)cc3Cl)CC12. The first-order valence-electron chi connectivity index (χ1n) is 6.55. The van der Waals surface area contributed by atoms with Gasteiger partial charge in [0.2, 0.25) is 0 Å². The van der Waals surface area contributed by atoms with E-state index >= 15 is 0 Å². The molecule has 0 aromatic heterocycles. The normalized spacial score (nSPS) is 30.2. The fourth-order valence-electron chi connectivity index (χ4n) is 3.42. The molecule has 0 spiro atoms. The molecule has 1 aliphatic heterocycles. The van der Waals surface area contributed by atoms with Gasteiger partial charge in [-0.15, -0.1) is 12.4 Å². The molecule has 1 aliphatic carbocycles. The predicted octanol–water partition coefficient (Wildman–Crippen LogP) is 3.07. The van der Waals surface area contributed by atoms with Crippen molar-refractivity contribution in [3.8, 4) is 0 Å². The van der Waals surface area contributed by atoms with Crippen molar-refractivity contribution in [3.63, 3.8) is 0 Å². The summed E-state index contributed by atoms with van der Waals surface area (Å²) in [5.41, 5.74) is 7.13. The van der Waals surface area contributed by atoms with Crippen molar-refractivity contribution < 1.29 is 4.39 Å². The number of fused-ring (bicyclic) bond motifs is 1. The molecule has 0 bridgehead atoms. The second-order valence-electron chi connectivity index (χ2n) is 5.59. The highest BCUT2D eigenvalue weighted by Crippen LogP contribution is 2.37. The molecule has 106 valence electrons. The summed E-state index contributed by atoms with van der Waals surface area (Å²) >= 11 is 6.07. The molecule has 3 rings (SSSR count). The molecule has 2 nitrogen and oxygen atoms in total. The molecular weight excluding hydrogens is 286 g/mol. The van der Waals surface area contributed by atoms with Gasteiger partial charge in [0.25, 0.3) is 0 Å². The van der Waals surface area contributed by atoms with E-state index < -0.39 is 0 Å². The molecule has 1 aromatic rings. The molecule has 3 unspecified atom stereocenters. The molecular formula is C14H19Cl2FN2. The van der Waals surface area contributed by atoms with Gasteiger partial charge in [-0.25, -0.2) is 4.39 Å². The molecule has 1 saturated carbocycles. The van der Waals surface area contributed by atoms with Crippen molar-refractivity contribution in [3.05, 3.63) is 34.6 Å². The smallest absolute Gasteiger partial charge is 0.124 e. The minimum Gasteiger partial charge on any atom is -0.327 e. The summed E-state index contributed by atoms with van der Waals surface area (Å²) in [6, 6.07) is 5.01. The molecule has 19 heavy (non-hydrogen) atoms. The molecule has 2 aliphatic rings. The maximum absolute atomic E-state index is 13.0. The number of nitrogens with zero attached hydrogens (tertiary/aromatic N) is 1. The highest BCUT2D eigenvalue weighted by molar-refractivity contribution is 6.31. The van der Waals surface area contributed by atoms with E-state index in [0.717, 1.165) is 31.1 Å². The third-order valence-electron chi connectivity index (χ3n) is 4.40. The molecule has 0 radical (unpaired) electrons. The van der Waals surface area contributed by atoms with E-state index in [4.69, 9.17) is 17.3 Å². The summed E-state index contributed by atoms with van der Waals surface area (Å²) in [6.07, 6.45) is 2.42. The Hall–Kier alpha value is -0.350. The Balaban J connectivity index is 0.00000133. The molecule has 1 heterocycles. The molecule has 1 saturated heterocycles. The van der Waals surface area contributed by atoms with Gasteiger partial charge in [-0.05, 0) is 42.4 Å². The summed E-state index contributed by atoms with van der Waals surface area (Å²) in [7, 11) is 0. The maximum atomic E-state index is 13.0. The van der Waals surface area contributed by atoms with Gasteiger partial charge >= 0.3 is 0 Å². The van der Waals surface area contributed by atoms with Crippen molar-refractivity contribution in [2.75, 3.05) is 13.1 Å². The first kappa shape index (κ1) is 15.0. The van der Waals surface area contributed by atoms with Crippen LogP contribution in [0, 0.1) is 17.7 Å². The number of hydrogen-bond donors (Lipinski definition) is 1. The van der Waals surface area contributed by atoms with Gasteiger partial charge in [0.15, 0.2) is 0 Å². The van der Waals surface area contributed by atoms with Crippen LogP contribution in [0.25, 0.3) is 0 Å². The summed E-state index contributed by atoms with van der Waals surface area (Å²) in [6.45, 7) is 2.96. The summed E-state index contributed by atoms with van der Waals surface area (Å²) in [5.74, 6) is 1.12. The van der Waals surface area contributed by atoms with Crippen LogP contribution in [0.4, 0.5) is 4.39 Å². The zero-order valence-corrected chi connectivity index (χ0v) is 12.3. The highest BCUT2D eigenvalue weighted by atomic mass is 35.5. The third-order valence-corrected chi connectivity index (χ3v) is 4.75. The lowest BCUT2D eigenvalue weighted by Gasteiger charge is -2.19. The van der Waals surface area contributed by atoms with E-state index in [9.17, 15) is 4.39 Å². The minimum atomic E-state index is -0.274. The molecule has 0 amide bonds. The Morgan fingerprint density at radius 1 is 1.32 bits per heavy atom. The van der Waals surface area contributed by atoms with Crippen LogP contribution in [0.2, 0.25) is 5.02 Å². The first-order valence-corrected chi connectivity index (χ1v) is 6.93. The Bertz CT molecular complexity index is 455. The number of benzene rings is 1. The highest BCUT2D eigenvalue weighted by Gasteiger charge is 2.40. The summed E-state index contributed by atoms with van der Waals surface area (Å²) < 4.78 is 13.0. The van der Waals surface area contributed by atoms with Gasteiger partial charge in [0.1, 0.15) is 5.82 Å². The molecule has 2 fully saturated rings. The Labute approximate surface area is 124 Å². The third kappa shape index (κ3) is 3.05. The maximum Gasteiger partial charge on any atom is 0.124 e. The van der Waals surface area contributed by atoms with Gasteiger partial charge in [-0.1, -0.05) is 17.7 Å². The number of hydrogen-bond acceptors (Lipinski definition) is 2. The fourth-order valence-corrected chi connectivity index (χ4v) is 3.65. The second kappa shape index (κ2) is 5.96. The van der Waals surface area contributed by atoms with Crippen LogP contribution >= 0.6 is 24.0 Å². The van der Waals surface area contributed by atoms with Gasteiger partial charge in [-0.3, -0.25) is 4.90 Å². The monoisotopic (exact) mass is 304 g/mol. The Kier molecular flexibility index (Phi) is 4.72. The standard InChI is InChI=1S/C14H18ClFN2.ClH/c15-13-5-11(16)3-1-10(13)7-18-6-9-2-4-14(17)12(9)8-18;/h1,3,5,9,12,14H,2,4,6-8,17H2;1H. The van der Waals surface area contributed by atoms with Gasteiger partial charge in [-0.2, -0.15) is 0 Å². The quantitative estimate of drug-likeness (QED) is 0.910. The number of halogens is 3. The molecule has 3 atom stereocenters. The Morgan fingerprint density at radius 3 is 2.79 bits per heavy atom. The van der Waals surface area contributed by atoms with E-state index in [1.54, 1.807) is 6.07 Å². The van der Waals surface area contributed by atoms with Crippen molar-refractivity contribution >= 4 is 24.0 Å². The van der Waals surface area contributed by atoms with Crippen LogP contribution in [-0.4, -0.2) is 24.0 Å². The lowest BCUT2D eigenvalue weighted by atomic mass is 9.98. The van der Waals surface area contributed by atoms with Crippen LogP contribution < -0.4 is 5.73 Å². The number of likely N-dealkylation sites (tertiary alicyclic amines) is 1. The number of nitrogens with two attached hydrogens (primary N) is 1. The molecule has 5 heteroatoms. The van der Waals surface area contributed by atoms with Crippen LogP contribution in [-0.2, 0) is 6.54 Å². The van der Waals surface area contributed by atoms with Crippen LogP contribution in [0.15, 0.2) is 18.2 Å². The van der Waals surface area contributed by atoms with E-state index in [1.165, 1.54) is 25.0 Å². The van der Waals surface area contributed by atoms with Crippen molar-refractivity contribution in [1.29, 1.82) is 0 Å². The molecule has 1 aromatic carbocycles. The zero-order valence-electron chi connectivity index (χ0n) is 10.7. The summed E-state index contributed by atoms with van der Waals surface area (Å²) in [4.78, 5) is 2.40. The van der Waals surface area contributed by atoms with E-state index in [2.05, 4.69) is 4.90 Å². The van der Waals surface area contributed by atoms with Gasteiger partial charge in [0, 0.05) is 30.7 Å². The average Bonchev–Trinajstić information content (AvgIpc) is 2.86. The van der Waals surface area contributed by atoms with Crippen molar-refractivity contribution in [2.45, 2.75) is 25.4 Å². The summed E-state index contributed by atoms with van der Waals surface area (Å²) in [5, 5.41) is 0.524. The number of rotatable bonds is 2. The minimum absolute atomic E-state index is 0. The van der Waals surface area contributed by atoms with Crippen LogP contribution in [0.1, 0.15) is 18.4 Å². The van der Waals surface area contributed by atoms with E-state index in [-0.39, 0.29) is 18.2 Å². The topological polar surface area (TPSA) is 29.3 Å². The van der Waals surface area contributed by atoms with Crippen LogP contribution in [0.3, 0.4) is 0 Å². The fraction of sp³-hybridized carbons (Fsp3) is 0.571. The first-order chi connectivity index (χ1) is 8.63. The van der Waals surface area contributed by atoms with E-state index in [0.29, 0.717) is 17.0 Å². The molecule has 2 N–H and O–H groups in total. The van der Waals surface area contributed by atoms with Gasteiger partial charge < -0.3 is 5.73 Å². The van der Waals surface area contributed by atoms with Crippen molar-refractivity contribution in [2.24, 2.45) is 17.6 Å². The van der Waals surface area contributed by atoms with E-state index in [1.807, 2.05) is 0 Å². The predicted molar refractivity (Wildman–Crippen MR) is 78.1 cm³/mol. The zero-order chi connectivity index (χ0) is 12.7.